The van der Waals surface area contributed by atoms with Crippen molar-refractivity contribution >= 4 is 27.5 Å². The van der Waals surface area contributed by atoms with Gasteiger partial charge in [0.05, 0.1) is 0 Å². The molecule has 0 amide bonds. The second kappa shape index (κ2) is 7.82. The Morgan fingerprint density at radius 1 is 1.15 bits per heavy atom. The average Bonchev–Trinajstić information content (AvgIpc) is 2.45. The number of nitrogens with one attached hydrogen (secondary N) is 1. The molecule has 1 unspecified atom stereocenters. The summed E-state index contributed by atoms with van der Waals surface area (Å²) in [6.45, 7) is 3.21. The topological polar surface area (TPSA) is 12.0 Å². The van der Waals surface area contributed by atoms with Gasteiger partial charge in [-0.05, 0) is 54.8 Å². The Morgan fingerprint density at radius 2 is 1.90 bits per heavy atom. The van der Waals surface area contributed by atoms with Gasteiger partial charge in [-0.3, -0.25) is 0 Å². The first-order chi connectivity index (χ1) is 9.69. The zero-order chi connectivity index (χ0) is 14.4. The molecular formula is C17H19BrClN. The molecular weight excluding hydrogens is 334 g/mol. The van der Waals surface area contributed by atoms with Gasteiger partial charge in [-0.2, -0.15) is 0 Å². The van der Waals surface area contributed by atoms with E-state index >= 15 is 0 Å². The first-order valence-corrected chi connectivity index (χ1v) is 8.09. The van der Waals surface area contributed by atoms with E-state index in [0.717, 1.165) is 28.9 Å². The maximum Gasteiger partial charge on any atom is 0.0406 e. The summed E-state index contributed by atoms with van der Waals surface area (Å²) in [5.74, 6) is 0. The summed E-state index contributed by atoms with van der Waals surface area (Å²) >= 11 is 9.50. The molecule has 0 aliphatic carbocycles. The molecule has 0 aliphatic heterocycles. The first kappa shape index (κ1) is 15.6. The van der Waals surface area contributed by atoms with Crippen LogP contribution in [0.2, 0.25) is 5.02 Å². The fourth-order valence-corrected chi connectivity index (χ4v) is 2.75. The molecule has 20 heavy (non-hydrogen) atoms. The second-order valence-corrected chi connectivity index (χ2v) is 6.24. The van der Waals surface area contributed by atoms with E-state index in [4.69, 9.17) is 11.6 Å². The van der Waals surface area contributed by atoms with Crippen molar-refractivity contribution in [1.29, 1.82) is 0 Å². The highest BCUT2D eigenvalue weighted by atomic mass is 79.9. The molecule has 2 aromatic rings. The summed E-state index contributed by atoms with van der Waals surface area (Å²) in [6.07, 6.45) is 2.10. The van der Waals surface area contributed by atoms with E-state index in [1.807, 2.05) is 12.1 Å². The fraction of sp³-hybridized carbons (Fsp3) is 0.294. The van der Waals surface area contributed by atoms with Gasteiger partial charge in [-0.25, -0.2) is 0 Å². The SMILES string of the molecule is CCCNC(Cc1ccc(Cl)cc1)c1cccc(Br)c1. The van der Waals surface area contributed by atoms with E-state index in [9.17, 15) is 0 Å². The lowest BCUT2D eigenvalue weighted by Crippen LogP contribution is -2.24. The Morgan fingerprint density at radius 3 is 2.55 bits per heavy atom. The van der Waals surface area contributed by atoms with E-state index in [1.165, 1.54) is 11.1 Å². The van der Waals surface area contributed by atoms with Crippen molar-refractivity contribution in [3.05, 3.63) is 69.2 Å². The minimum Gasteiger partial charge on any atom is -0.310 e. The lowest BCUT2D eigenvalue weighted by atomic mass is 9.99. The van der Waals surface area contributed by atoms with Gasteiger partial charge in [0, 0.05) is 15.5 Å². The summed E-state index contributed by atoms with van der Waals surface area (Å²) in [5.41, 5.74) is 2.60. The minimum absolute atomic E-state index is 0.327. The van der Waals surface area contributed by atoms with Crippen molar-refractivity contribution in [2.75, 3.05) is 6.54 Å². The molecule has 106 valence electrons. The van der Waals surface area contributed by atoms with E-state index in [2.05, 4.69) is 64.6 Å². The lowest BCUT2D eigenvalue weighted by Gasteiger charge is -2.19. The van der Waals surface area contributed by atoms with Crippen LogP contribution in [0.4, 0.5) is 0 Å². The molecule has 0 spiro atoms. The molecule has 0 radical (unpaired) electrons. The number of rotatable bonds is 6. The predicted molar refractivity (Wildman–Crippen MR) is 90.3 cm³/mol. The van der Waals surface area contributed by atoms with E-state index in [-0.39, 0.29) is 0 Å². The summed E-state index contributed by atoms with van der Waals surface area (Å²) in [7, 11) is 0. The van der Waals surface area contributed by atoms with Crippen molar-refractivity contribution in [2.45, 2.75) is 25.8 Å². The van der Waals surface area contributed by atoms with E-state index in [1.54, 1.807) is 0 Å². The van der Waals surface area contributed by atoms with Crippen LogP contribution in [-0.2, 0) is 6.42 Å². The van der Waals surface area contributed by atoms with Crippen molar-refractivity contribution in [3.63, 3.8) is 0 Å². The molecule has 1 N–H and O–H groups in total. The Labute approximate surface area is 134 Å². The van der Waals surface area contributed by atoms with Crippen molar-refractivity contribution < 1.29 is 0 Å². The van der Waals surface area contributed by atoms with Crippen LogP contribution in [0, 0.1) is 0 Å². The normalized spacial score (nSPS) is 12.3. The standard InChI is InChI=1S/C17H19BrClN/c1-2-10-20-17(14-4-3-5-15(18)12-14)11-13-6-8-16(19)9-7-13/h3-9,12,17,20H,2,10-11H2,1H3. The summed E-state index contributed by atoms with van der Waals surface area (Å²) in [4.78, 5) is 0. The van der Waals surface area contributed by atoms with Gasteiger partial charge in [0.15, 0.2) is 0 Å². The van der Waals surface area contributed by atoms with Gasteiger partial charge in [0.25, 0.3) is 0 Å². The van der Waals surface area contributed by atoms with Gasteiger partial charge < -0.3 is 5.32 Å². The van der Waals surface area contributed by atoms with Gasteiger partial charge in [0.2, 0.25) is 0 Å². The molecule has 0 aromatic heterocycles. The summed E-state index contributed by atoms with van der Waals surface area (Å²) in [6, 6.07) is 16.9. The Bertz CT molecular complexity index is 539. The largest absolute Gasteiger partial charge is 0.310 e. The number of hydrogen-bond donors (Lipinski definition) is 1. The van der Waals surface area contributed by atoms with Crippen LogP contribution in [0.15, 0.2) is 53.0 Å². The van der Waals surface area contributed by atoms with Crippen molar-refractivity contribution in [3.8, 4) is 0 Å². The molecule has 0 aliphatic rings. The number of halogens is 2. The highest BCUT2D eigenvalue weighted by Gasteiger charge is 2.11. The highest BCUT2D eigenvalue weighted by Crippen LogP contribution is 2.22. The summed E-state index contributed by atoms with van der Waals surface area (Å²) in [5, 5.41) is 4.41. The Hall–Kier alpha value is -0.830. The predicted octanol–water partition coefficient (Wildman–Crippen LogP) is 5.39. The number of hydrogen-bond acceptors (Lipinski definition) is 1. The molecule has 0 bridgehead atoms. The van der Waals surface area contributed by atoms with Gasteiger partial charge >= 0.3 is 0 Å². The maximum absolute atomic E-state index is 5.95. The fourth-order valence-electron chi connectivity index (χ4n) is 2.21. The highest BCUT2D eigenvalue weighted by molar-refractivity contribution is 9.10. The molecule has 0 saturated heterocycles. The van der Waals surface area contributed by atoms with Crippen LogP contribution in [0.1, 0.15) is 30.5 Å². The van der Waals surface area contributed by atoms with E-state index < -0.39 is 0 Å². The zero-order valence-electron chi connectivity index (χ0n) is 11.6. The van der Waals surface area contributed by atoms with Crippen LogP contribution in [0.25, 0.3) is 0 Å². The molecule has 0 fully saturated rings. The second-order valence-electron chi connectivity index (χ2n) is 4.89. The quantitative estimate of drug-likeness (QED) is 0.735. The van der Waals surface area contributed by atoms with Crippen LogP contribution < -0.4 is 5.32 Å². The van der Waals surface area contributed by atoms with Crippen LogP contribution in [0.5, 0.6) is 0 Å². The van der Waals surface area contributed by atoms with Gasteiger partial charge in [-0.1, -0.05) is 58.7 Å². The van der Waals surface area contributed by atoms with Gasteiger partial charge in [-0.15, -0.1) is 0 Å². The molecule has 0 saturated carbocycles. The van der Waals surface area contributed by atoms with E-state index in [0.29, 0.717) is 6.04 Å². The van der Waals surface area contributed by atoms with Crippen molar-refractivity contribution in [2.24, 2.45) is 0 Å². The maximum atomic E-state index is 5.95. The Balaban J connectivity index is 2.16. The minimum atomic E-state index is 0.327. The third-order valence-corrected chi connectivity index (χ3v) is 3.99. The molecule has 0 heterocycles. The molecule has 3 heteroatoms. The smallest absolute Gasteiger partial charge is 0.0406 e. The monoisotopic (exact) mass is 351 g/mol. The third-order valence-electron chi connectivity index (χ3n) is 3.24. The van der Waals surface area contributed by atoms with Crippen LogP contribution >= 0.6 is 27.5 Å². The zero-order valence-corrected chi connectivity index (χ0v) is 13.9. The van der Waals surface area contributed by atoms with Crippen LogP contribution in [0.3, 0.4) is 0 Å². The van der Waals surface area contributed by atoms with Crippen molar-refractivity contribution in [1.82, 2.24) is 5.32 Å². The lowest BCUT2D eigenvalue weighted by molar-refractivity contribution is 0.529. The third kappa shape index (κ3) is 4.62. The van der Waals surface area contributed by atoms with Gasteiger partial charge in [0.1, 0.15) is 0 Å². The molecule has 2 aromatic carbocycles. The summed E-state index contributed by atoms with van der Waals surface area (Å²) < 4.78 is 1.12. The first-order valence-electron chi connectivity index (χ1n) is 6.92. The Kier molecular flexibility index (Phi) is 6.08. The number of benzene rings is 2. The molecule has 2 rings (SSSR count). The molecule has 1 atom stereocenters. The average molecular weight is 353 g/mol. The molecule has 1 nitrogen and oxygen atoms in total. The van der Waals surface area contributed by atoms with Crippen LogP contribution in [-0.4, -0.2) is 6.54 Å².